The van der Waals surface area contributed by atoms with Gasteiger partial charge in [-0.15, -0.1) is 0 Å². The average molecular weight is 354 g/mol. The predicted molar refractivity (Wildman–Crippen MR) is 84.1 cm³/mol. The summed E-state index contributed by atoms with van der Waals surface area (Å²) in [7, 11) is -3.50. The van der Waals surface area contributed by atoms with E-state index in [1.54, 1.807) is 24.3 Å². The molecule has 0 fully saturated rings. The minimum absolute atomic E-state index is 0.283. The zero-order chi connectivity index (χ0) is 14.8. The van der Waals surface area contributed by atoms with Gasteiger partial charge < -0.3 is 0 Å². The summed E-state index contributed by atoms with van der Waals surface area (Å²) in [5, 5.41) is 0. The lowest BCUT2D eigenvalue weighted by molar-refractivity contribution is 0.567. The van der Waals surface area contributed by atoms with E-state index in [2.05, 4.69) is 20.7 Å². The van der Waals surface area contributed by atoms with Gasteiger partial charge >= 0.3 is 0 Å². The van der Waals surface area contributed by atoms with Gasteiger partial charge in [0.15, 0.2) is 0 Å². The van der Waals surface area contributed by atoms with E-state index in [0.29, 0.717) is 0 Å². The van der Waals surface area contributed by atoms with Gasteiger partial charge in [-0.05, 0) is 43.7 Å². The van der Waals surface area contributed by atoms with E-state index in [0.717, 1.165) is 15.6 Å². The van der Waals surface area contributed by atoms with Gasteiger partial charge in [-0.25, -0.2) is 13.1 Å². The van der Waals surface area contributed by atoms with Gasteiger partial charge in [-0.1, -0.05) is 45.8 Å². The van der Waals surface area contributed by atoms with Crippen LogP contribution in [0.3, 0.4) is 0 Å². The predicted octanol–water partition coefficient (Wildman–Crippen LogP) is 3.80. The second kappa shape index (κ2) is 6.08. The van der Waals surface area contributed by atoms with E-state index in [4.69, 9.17) is 0 Å². The summed E-state index contributed by atoms with van der Waals surface area (Å²) >= 11 is 3.36. The molecule has 0 saturated heterocycles. The first-order valence-corrected chi connectivity index (χ1v) is 8.50. The van der Waals surface area contributed by atoms with Gasteiger partial charge in [0, 0.05) is 10.5 Å². The Morgan fingerprint density at radius 2 is 1.55 bits per heavy atom. The average Bonchev–Trinajstić information content (AvgIpc) is 2.39. The first kappa shape index (κ1) is 15.2. The molecular weight excluding hydrogens is 338 g/mol. The van der Waals surface area contributed by atoms with Crippen molar-refractivity contribution in [1.29, 1.82) is 0 Å². The summed E-state index contributed by atoms with van der Waals surface area (Å²) in [6, 6.07) is 14.1. The smallest absolute Gasteiger partial charge is 0.207 e. The van der Waals surface area contributed by atoms with Gasteiger partial charge in [0.2, 0.25) is 10.0 Å². The summed E-state index contributed by atoms with van der Waals surface area (Å²) in [5.74, 6) is 0. The zero-order valence-electron chi connectivity index (χ0n) is 11.3. The molecule has 0 amide bonds. The molecule has 0 aliphatic carbocycles. The van der Waals surface area contributed by atoms with E-state index < -0.39 is 10.0 Å². The maximum Gasteiger partial charge on any atom is 0.241 e. The Morgan fingerprint density at radius 1 is 1.00 bits per heavy atom. The van der Waals surface area contributed by atoms with E-state index in [-0.39, 0.29) is 10.9 Å². The van der Waals surface area contributed by atoms with Crippen LogP contribution in [-0.4, -0.2) is 8.42 Å². The minimum atomic E-state index is -3.50. The summed E-state index contributed by atoms with van der Waals surface area (Å²) in [5.41, 5.74) is 1.95. The first-order valence-electron chi connectivity index (χ1n) is 6.23. The normalized spacial score (nSPS) is 13.2. The molecule has 0 aliphatic rings. The number of aryl methyl sites for hydroxylation is 1. The molecule has 1 atom stereocenters. The topological polar surface area (TPSA) is 46.2 Å². The number of sulfonamides is 1. The molecule has 106 valence electrons. The molecule has 5 heteroatoms. The maximum atomic E-state index is 12.3. The molecule has 2 aromatic carbocycles. The highest BCUT2D eigenvalue weighted by atomic mass is 79.9. The fourth-order valence-electron chi connectivity index (χ4n) is 1.84. The number of benzene rings is 2. The highest BCUT2D eigenvalue weighted by Gasteiger charge is 2.17. The van der Waals surface area contributed by atoms with Crippen molar-refractivity contribution in [3.63, 3.8) is 0 Å². The molecule has 0 spiro atoms. The minimum Gasteiger partial charge on any atom is -0.207 e. The Hall–Kier alpha value is -1.17. The Morgan fingerprint density at radius 3 is 2.10 bits per heavy atom. The number of hydrogen-bond acceptors (Lipinski definition) is 2. The van der Waals surface area contributed by atoms with Crippen LogP contribution in [0.5, 0.6) is 0 Å². The van der Waals surface area contributed by atoms with E-state index >= 15 is 0 Å². The first-order chi connectivity index (χ1) is 9.38. The van der Waals surface area contributed by atoms with E-state index in [9.17, 15) is 8.42 Å². The van der Waals surface area contributed by atoms with Crippen molar-refractivity contribution < 1.29 is 8.42 Å². The van der Waals surface area contributed by atoms with Gasteiger partial charge in [0.1, 0.15) is 0 Å². The number of rotatable bonds is 4. The van der Waals surface area contributed by atoms with Crippen molar-refractivity contribution in [2.24, 2.45) is 0 Å². The quantitative estimate of drug-likeness (QED) is 0.908. The molecule has 0 radical (unpaired) electrons. The van der Waals surface area contributed by atoms with Crippen molar-refractivity contribution >= 4 is 26.0 Å². The number of nitrogens with one attached hydrogen (secondary N) is 1. The van der Waals surface area contributed by atoms with Gasteiger partial charge in [0.05, 0.1) is 4.90 Å². The second-order valence-corrected chi connectivity index (χ2v) is 7.34. The lowest BCUT2D eigenvalue weighted by atomic mass is 10.1. The molecule has 2 rings (SSSR count). The highest BCUT2D eigenvalue weighted by Crippen LogP contribution is 2.19. The highest BCUT2D eigenvalue weighted by molar-refractivity contribution is 9.10. The SMILES string of the molecule is Cc1ccc(S(=O)(=O)N[C@@H](C)c2ccc(Br)cc2)cc1. The van der Waals surface area contributed by atoms with Crippen LogP contribution in [-0.2, 0) is 10.0 Å². The molecule has 1 N–H and O–H groups in total. The third-order valence-corrected chi connectivity index (χ3v) is 5.12. The summed E-state index contributed by atoms with van der Waals surface area (Å²) < 4.78 is 28.2. The largest absolute Gasteiger partial charge is 0.241 e. The van der Waals surface area contributed by atoms with Gasteiger partial charge in [0.25, 0.3) is 0 Å². The Balaban J connectivity index is 2.19. The maximum absolute atomic E-state index is 12.3. The van der Waals surface area contributed by atoms with E-state index in [1.807, 2.05) is 38.1 Å². The summed E-state index contributed by atoms with van der Waals surface area (Å²) in [4.78, 5) is 0.284. The molecular formula is C15H16BrNO2S. The number of hydrogen-bond donors (Lipinski definition) is 1. The van der Waals surface area contributed by atoms with Crippen molar-refractivity contribution in [2.75, 3.05) is 0 Å². The molecule has 0 saturated carbocycles. The van der Waals surface area contributed by atoms with Crippen molar-refractivity contribution in [3.8, 4) is 0 Å². The fourth-order valence-corrected chi connectivity index (χ4v) is 3.33. The molecule has 0 aromatic heterocycles. The Kier molecular flexibility index (Phi) is 4.62. The summed E-state index contributed by atoms with van der Waals surface area (Å²) in [6.45, 7) is 3.75. The van der Waals surface area contributed by atoms with Crippen LogP contribution >= 0.6 is 15.9 Å². The van der Waals surface area contributed by atoms with Crippen LogP contribution < -0.4 is 4.72 Å². The molecule has 0 bridgehead atoms. The van der Waals surface area contributed by atoms with Crippen molar-refractivity contribution in [3.05, 3.63) is 64.1 Å². The fraction of sp³-hybridized carbons (Fsp3) is 0.200. The lowest BCUT2D eigenvalue weighted by Gasteiger charge is -2.15. The Bertz CT molecular complexity index is 679. The number of halogens is 1. The standard InChI is InChI=1S/C15H16BrNO2S/c1-11-3-9-15(10-4-11)20(18,19)17-12(2)13-5-7-14(16)8-6-13/h3-10,12,17H,1-2H3/t12-/m0/s1. The summed E-state index contributed by atoms with van der Waals surface area (Å²) in [6.07, 6.45) is 0. The third kappa shape index (κ3) is 3.69. The zero-order valence-corrected chi connectivity index (χ0v) is 13.7. The van der Waals surface area contributed by atoms with Crippen molar-refractivity contribution in [2.45, 2.75) is 24.8 Å². The van der Waals surface area contributed by atoms with Crippen LogP contribution in [0.4, 0.5) is 0 Å². The van der Waals surface area contributed by atoms with E-state index in [1.165, 1.54) is 0 Å². The monoisotopic (exact) mass is 353 g/mol. The van der Waals surface area contributed by atoms with Gasteiger partial charge in [-0.3, -0.25) is 0 Å². The van der Waals surface area contributed by atoms with Crippen LogP contribution in [0.2, 0.25) is 0 Å². The molecule has 3 nitrogen and oxygen atoms in total. The molecule has 0 unspecified atom stereocenters. The third-order valence-electron chi connectivity index (χ3n) is 3.03. The Labute approximate surface area is 128 Å². The molecule has 20 heavy (non-hydrogen) atoms. The van der Waals surface area contributed by atoms with Crippen molar-refractivity contribution in [1.82, 2.24) is 4.72 Å². The van der Waals surface area contributed by atoms with Crippen LogP contribution in [0.1, 0.15) is 24.1 Å². The van der Waals surface area contributed by atoms with Crippen LogP contribution in [0.25, 0.3) is 0 Å². The molecule has 0 heterocycles. The second-order valence-electron chi connectivity index (χ2n) is 4.71. The molecule has 0 aliphatic heterocycles. The lowest BCUT2D eigenvalue weighted by Crippen LogP contribution is -2.26. The molecule has 2 aromatic rings. The van der Waals surface area contributed by atoms with Gasteiger partial charge in [-0.2, -0.15) is 0 Å². The van der Waals surface area contributed by atoms with Crippen LogP contribution in [0, 0.1) is 6.92 Å². The van der Waals surface area contributed by atoms with Crippen LogP contribution in [0.15, 0.2) is 57.9 Å².